The van der Waals surface area contributed by atoms with Gasteiger partial charge in [-0.2, -0.15) is 13.2 Å². The van der Waals surface area contributed by atoms with Crippen LogP contribution in [0, 0.1) is 5.92 Å². The average molecular weight is 313 g/mol. The molecule has 0 saturated carbocycles. The van der Waals surface area contributed by atoms with Crippen LogP contribution < -0.4 is 0 Å². The topological polar surface area (TPSA) is 16.1 Å². The number of halogens is 4. The Morgan fingerprint density at radius 3 is 2.89 bits per heavy atom. The maximum atomic E-state index is 12.8. The van der Waals surface area contributed by atoms with E-state index in [1.54, 1.807) is 0 Å². The SMILES string of the molecule is CC(c1nc(CCl)cs1)N1CCCC(C(F)(F)F)C1. The normalized spacial score (nSPS) is 23.5. The van der Waals surface area contributed by atoms with Crippen molar-refractivity contribution < 1.29 is 13.2 Å². The van der Waals surface area contributed by atoms with E-state index in [1.165, 1.54) is 11.3 Å². The van der Waals surface area contributed by atoms with Crippen molar-refractivity contribution in [1.82, 2.24) is 9.88 Å². The summed E-state index contributed by atoms with van der Waals surface area (Å²) in [5.74, 6) is -0.870. The molecule has 108 valence electrons. The molecule has 0 bridgehead atoms. The molecule has 2 atom stereocenters. The average Bonchev–Trinajstić information content (AvgIpc) is 2.86. The molecule has 2 heterocycles. The van der Waals surface area contributed by atoms with Crippen molar-refractivity contribution in [3.63, 3.8) is 0 Å². The van der Waals surface area contributed by atoms with Gasteiger partial charge in [0.15, 0.2) is 0 Å². The standard InChI is InChI=1S/C12H16ClF3N2S/c1-8(11-17-10(5-13)7-19-11)18-4-2-3-9(6-18)12(14,15)16/h7-9H,2-6H2,1H3. The van der Waals surface area contributed by atoms with Gasteiger partial charge in [0, 0.05) is 11.9 Å². The third-order valence-electron chi connectivity index (χ3n) is 3.53. The van der Waals surface area contributed by atoms with Crippen molar-refractivity contribution >= 4 is 22.9 Å². The minimum atomic E-state index is -4.09. The highest BCUT2D eigenvalue weighted by Gasteiger charge is 2.42. The summed E-state index contributed by atoms with van der Waals surface area (Å²) >= 11 is 7.16. The van der Waals surface area contributed by atoms with E-state index in [-0.39, 0.29) is 19.0 Å². The van der Waals surface area contributed by atoms with Crippen molar-refractivity contribution in [3.05, 3.63) is 16.1 Å². The van der Waals surface area contributed by atoms with E-state index in [0.29, 0.717) is 18.8 Å². The van der Waals surface area contributed by atoms with Crippen molar-refractivity contribution in [2.75, 3.05) is 13.1 Å². The first-order chi connectivity index (χ1) is 8.91. The molecule has 1 aliphatic rings. The summed E-state index contributed by atoms with van der Waals surface area (Å²) in [5.41, 5.74) is 0.790. The maximum absolute atomic E-state index is 12.8. The van der Waals surface area contributed by atoms with E-state index < -0.39 is 12.1 Å². The molecule has 1 fully saturated rings. The van der Waals surface area contributed by atoms with E-state index in [0.717, 1.165) is 10.7 Å². The van der Waals surface area contributed by atoms with Gasteiger partial charge in [0.25, 0.3) is 0 Å². The van der Waals surface area contributed by atoms with E-state index in [2.05, 4.69) is 4.98 Å². The van der Waals surface area contributed by atoms with Crippen molar-refractivity contribution in [2.45, 2.75) is 37.9 Å². The number of alkyl halides is 4. The molecule has 7 heteroatoms. The number of nitrogens with zero attached hydrogens (tertiary/aromatic N) is 2. The van der Waals surface area contributed by atoms with Crippen LogP contribution in [0.25, 0.3) is 0 Å². The smallest absolute Gasteiger partial charge is 0.294 e. The summed E-state index contributed by atoms with van der Waals surface area (Å²) in [4.78, 5) is 6.23. The molecule has 0 amide bonds. The number of hydrogen-bond donors (Lipinski definition) is 0. The molecule has 19 heavy (non-hydrogen) atoms. The second-order valence-electron chi connectivity index (χ2n) is 4.86. The Bertz CT molecular complexity index is 421. The van der Waals surface area contributed by atoms with Crippen LogP contribution >= 0.6 is 22.9 Å². The van der Waals surface area contributed by atoms with Gasteiger partial charge in [0.2, 0.25) is 0 Å². The van der Waals surface area contributed by atoms with Crippen LogP contribution in [0.3, 0.4) is 0 Å². The van der Waals surface area contributed by atoms with Crippen molar-refractivity contribution in [2.24, 2.45) is 5.92 Å². The lowest BCUT2D eigenvalue weighted by atomic mass is 9.96. The minimum absolute atomic E-state index is 0.0699. The maximum Gasteiger partial charge on any atom is 0.393 e. The molecule has 0 aliphatic carbocycles. The van der Waals surface area contributed by atoms with E-state index in [4.69, 9.17) is 11.6 Å². The lowest BCUT2D eigenvalue weighted by Crippen LogP contribution is -2.42. The lowest BCUT2D eigenvalue weighted by molar-refractivity contribution is -0.188. The van der Waals surface area contributed by atoms with Gasteiger partial charge in [-0.15, -0.1) is 22.9 Å². The molecule has 2 nitrogen and oxygen atoms in total. The van der Waals surface area contributed by atoms with Crippen molar-refractivity contribution in [1.29, 1.82) is 0 Å². The molecule has 1 aromatic heterocycles. The predicted molar refractivity (Wildman–Crippen MR) is 70.4 cm³/mol. The first kappa shape index (κ1) is 15.1. The van der Waals surface area contributed by atoms with Gasteiger partial charge in [0.05, 0.1) is 23.5 Å². The summed E-state index contributed by atoms with van der Waals surface area (Å²) in [5, 5.41) is 2.71. The zero-order valence-corrected chi connectivity index (χ0v) is 12.2. The van der Waals surface area contributed by atoms with E-state index in [9.17, 15) is 13.2 Å². The molecule has 0 spiro atoms. The number of likely N-dealkylation sites (tertiary alicyclic amines) is 1. The number of thiazole rings is 1. The highest BCUT2D eigenvalue weighted by Crippen LogP contribution is 2.36. The Hall–Kier alpha value is -0.330. The van der Waals surface area contributed by atoms with Gasteiger partial charge in [0.1, 0.15) is 5.01 Å². The van der Waals surface area contributed by atoms with Gasteiger partial charge in [-0.25, -0.2) is 4.98 Å². The molecule has 0 N–H and O–H groups in total. The molecule has 0 radical (unpaired) electrons. The van der Waals surface area contributed by atoms with Gasteiger partial charge < -0.3 is 0 Å². The second kappa shape index (κ2) is 5.97. The summed E-state index contributed by atoms with van der Waals surface area (Å²) < 4.78 is 38.3. The highest BCUT2D eigenvalue weighted by molar-refractivity contribution is 7.09. The van der Waals surface area contributed by atoms with Crippen LogP contribution in [0.2, 0.25) is 0 Å². The molecule has 1 aliphatic heterocycles. The van der Waals surface area contributed by atoms with E-state index >= 15 is 0 Å². The van der Waals surface area contributed by atoms with Crippen LogP contribution in [-0.2, 0) is 5.88 Å². The van der Waals surface area contributed by atoms with E-state index in [1.807, 2.05) is 17.2 Å². The minimum Gasteiger partial charge on any atom is -0.294 e. The number of aromatic nitrogens is 1. The predicted octanol–water partition coefficient (Wildman–Crippen LogP) is 4.22. The van der Waals surface area contributed by atoms with Crippen molar-refractivity contribution in [3.8, 4) is 0 Å². The Balaban J connectivity index is 2.04. The quantitative estimate of drug-likeness (QED) is 0.777. The summed E-state index contributed by atoms with van der Waals surface area (Å²) in [6, 6.07) is -0.0767. The lowest BCUT2D eigenvalue weighted by Gasteiger charge is -2.36. The van der Waals surface area contributed by atoms with Crippen LogP contribution in [-0.4, -0.2) is 29.1 Å². The molecule has 1 aromatic rings. The van der Waals surface area contributed by atoms with Gasteiger partial charge >= 0.3 is 6.18 Å². The number of rotatable bonds is 3. The summed E-state index contributed by atoms with van der Waals surface area (Å²) in [6.45, 7) is 2.68. The zero-order chi connectivity index (χ0) is 14.0. The van der Waals surface area contributed by atoms with Crippen LogP contribution in [0.1, 0.15) is 36.5 Å². The Morgan fingerprint density at radius 2 is 2.32 bits per heavy atom. The third-order valence-corrected chi connectivity index (χ3v) is 4.86. The van der Waals surface area contributed by atoms with Gasteiger partial charge in [-0.3, -0.25) is 4.90 Å². The van der Waals surface area contributed by atoms with Crippen LogP contribution in [0.4, 0.5) is 13.2 Å². The molecule has 2 unspecified atom stereocenters. The van der Waals surface area contributed by atoms with Crippen LogP contribution in [0.15, 0.2) is 5.38 Å². The summed E-state index contributed by atoms with van der Waals surface area (Å²) in [7, 11) is 0. The fourth-order valence-corrected chi connectivity index (χ4v) is 3.49. The molecular weight excluding hydrogens is 297 g/mol. The Labute approximate surface area is 119 Å². The highest BCUT2D eigenvalue weighted by atomic mass is 35.5. The number of piperidine rings is 1. The largest absolute Gasteiger partial charge is 0.393 e. The van der Waals surface area contributed by atoms with Gasteiger partial charge in [-0.05, 0) is 26.3 Å². The van der Waals surface area contributed by atoms with Gasteiger partial charge in [-0.1, -0.05) is 0 Å². The first-order valence-electron chi connectivity index (χ1n) is 6.23. The third kappa shape index (κ3) is 3.61. The molecular formula is C12H16ClF3N2S. The monoisotopic (exact) mass is 312 g/mol. The fourth-order valence-electron chi connectivity index (χ4n) is 2.36. The Kier molecular flexibility index (Phi) is 4.74. The first-order valence-corrected chi connectivity index (χ1v) is 7.64. The number of hydrogen-bond acceptors (Lipinski definition) is 3. The molecule has 1 saturated heterocycles. The molecule has 2 rings (SSSR count). The second-order valence-corrected chi connectivity index (χ2v) is 6.02. The summed E-state index contributed by atoms with van der Waals surface area (Å²) in [6.07, 6.45) is -3.28. The fraction of sp³-hybridized carbons (Fsp3) is 0.750. The zero-order valence-electron chi connectivity index (χ0n) is 10.6. The Morgan fingerprint density at radius 1 is 1.58 bits per heavy atom. The molecule has 0 aromatic carbocycles. The van der Waals surface area contributed by atoms with Crippen LogP contribution in [0.5, 0.6) is 0 Å².